The van der Waals surface area contributed by atoms with Crippen LogP contribution < -0.4 is 0 Å². The normalized spacial score (nSPS) is 20.0. The molecule has 0 fully saturated rings. The summed E-state index contributed by atoms with van der Waals surface area (Å²) in [5, 5.41) is 0. The van der Waals surface area contributed by atoms with Crippen molar-refractivity contribution < 1.29 is 12.6 Å². The Hall–Kier alpha value is -1.65. The van der Waals surface area contributed by atoms with E-state index in [1.165, 1.54) is 5.56 Å². The number of hydrogen-bond donors (Lipinski definition) is 0. The highest BCUT2D eigenvalue weighted by molar-refractivity contribution is 7.86. The molecule has 0 heterocycles. The highest BCUT2D eigenvalue weighted by Crippen LogP contribution is 2.43. The smallest absolute Gasteiger partial charge is 0.258 e. The van der Waals surface area contributed by atoms with Crippen LogP contribution in [0.25, 0.3) is 0 Å². The molecule has 1 unspecified atom stereocenters. The molecule has 0 N–H and O–H groups in total. The summed E-state index contributed by atoms with van der Waals surface area (Å²) in [4.78, 5) is 0.213. The van der Waals surface area contributed by atoms with Crippen LogP contribution in [0.15, 0.2) is 53.4 Å². The Labute approximate surface area is 138 Å². The standard InChI is InChI=1S/C19H22O3S/c1-14-8-10-15(11-9-14)23(20,21)22-18-12-13-19(2,3)17-7-5-4-6-16(17)18/h4-11,18H,12-13H2,1-3H3. The molecule has 4 heteroatoms. The first-order chi connectivity index (χ1) is 10.8. The van der Waals surface area contributed by atoms with Crippen LogP contribution >= 0.6 is 0 Å². The minimum atomic E-state index is -3.76. The van der Waals surface area contributed by atoms with Crippen molar-refractivity contribution in [2.75, 3.05) is 0 Å². The van der Waals surface area contributed by atoms with E-state index in [-0.39, 0.29) is 10.3 Å². The van der Waals surface area contributed by atoms with Gasteiger partial charge in [-0.3, -0.25) is 4.18 Å². The second-order valence-corrected chi connectivity index (χ2v) is 8.43. The largest absolute Gasteiger partial charge is 0.297 e. The van der Waals surface area contributed by atoms with Gasteiger partial charge < -0.3 is 0 Å². The second kappa shape index (κ2) is 5.77. The lowest BCUT2D eigenvalue weighted by Crippen LogP contribution is -2.28. The third-order valence-electron chi connectivity index (χ3n) is 4.62. The SMILES string of the molecule is Cc1ccc(S(=O)(=O)OC2CCC(C)(C)c3ccccc32)cc1. The molecular formula is C19H22O3S. The number of benzene rings is 2. The first kappa shape index (κ1) is 16.2. The van der Waals surface area contributed by atoms with Crippen LogP contribution in [0.1, 0.15) is 49.5 Å². The van der Waals surface area contributed by atoms with Crippen LogP contribution in [0.4, 0.5) is 0 Å². The molecule has 0 aliphatic heterocycles. The molecule has 2 aromatic rings. The van der Waals surface area contributed by atoms with Crippen molar-refractivity contribution in [1.82, 2.24) is 0 Å². The summed E-state index contributed by atoms with van der Waals surface area (Å²) in [7, 11) is -3.76. The van der Waals surface area contributed by atoms with E-state index in [0.29, 0.717) is 6.42 Å². The van der Waals surface area contributed by atoms with Gasteiger partial charge in [0, 0.05) is 0 Å². The first-order valence-corrected chi connectivity index (χ1v) is 9.30. The lowest BCUT2D eigenvalue weighted by molar-refractivity contribution is 0.171. The maximum Gasteiger partial charge on any atom is 0.297 e. The van der Waals surface area contributed by atoms with Crippen LogP contribution in [-0.2, 0) is 19.7 Å². The quantitative estimate of drug-likeness (QED) is 0.778. The average Bonchev–Trinajstić information content (AvgIpc) is 2.51. The van der Waals surface area contributed by atoms with Crippen LogP contribution in [0.5, 0.6) is 0 Å². The Morgan fingerprint density at radius 3 is 2.39 bits per heavy atom. The molecule has 0 saturated heterocycles. The van der Waals surface area contributed by atoms with Crippen molar-refractivity contribution >= 4 is 10.1 Å². The molecule has 2 aromatic carbocycles. The molecule has 1 aliphatic rings. The van der Waals surface area contributed by atoms with Crippen LogP contribution in [0.2, 0.25) is 0 Å². The summed E-state index contributed by atoms with van der Waals surface area (Å²) >= 11 is 0. The van der Waals surface area contributed by atoms with Gasteiger partial charge in [0.25, 0.3) is 10.1 Å². The lowest BCUT2D eigenvalue weighted by atomic mass is 9.72. The Kier molecular flexibility index (Phi) is 4.07. The van der Waals surface area contributed by atoms with Gasteiger partial charge in [0.05, 0.1) is 4.90 Å². The first-order valence-electron chi connectivity index (χ1n) is 7.89. The summed E-state index contributed by atoms with van der Waals surface area (Å²) in [6, 6.07) is 14.8. The molecule has 1 aliphatic carbocycles. The highest BCUT2D eigenvalue weighted by atomic mass is 32.2. The van der Waals surface area contributed by atoms with Crippen molar-refractivity contribution in [2.45, 2.75) is 50.0 Å². The third-order valence-corrected chi connectivity index (χ3v) is 5.96. The predicted octanol–water partition coefficient (Wildman–Crippen LogP) is 4.51. The van der Waals surface area contributed by atoms with Crippen LogP contribution in [0, 0.1) is 6.92 Å². The number of aryl methyl sites for hydroxylation is 1. The van der Waals surface area contributed by atoms with E-state index in [1.807, 2.05) is 25.1 Å². The molecule has 3 rings (SSSR count). The fourth-order valence-corrected chi connectivity index (χ4v) is 4.28. The molecule has 0 spiro atoms. The summed E-state index contributed by atoms with van der Waals surface area (Å²) < 4.78 is 30.7. The fourth-order valence-electron chi connectivity index (χ4n) is 3.19. The van der Waals surface area contributed by atoms with E-state index >= 15 is 0 Å². The minimum Gasteiger partial charge on any atom is -0.258 e. The second-order valence-electron chi connectivity index (χ2n) is 6.86. The molecule has 122 valence electrons. The predicted molar refractivity (Wildman–Crippen MR) is 90.9 cm³/mol. The lowest BCUT2D eigenvalue weighted by Gasteiger charge is -2.36. The number of fused-ring (bicyclic) bond motifs is 1. The zero-order valence-corrected chi connectivity index (χ0v) is 14.6. The highest BCUT2D eigenvalue weighted by Gasteiger charge is 2.35. The van der Waals surface area contributed by atoms with E-state index in [2.05, 4.69) is 19.9 Å². The topological polar surface area (TPSA) is 43.4 Å². The molecule has 23 heavy (non-hydrogen) atoms. The van der Waals surface area contributed by atoms with E-state index in [9.17, 15) is 8.42 Å². The Morgan fingerprint density at radius 1 is 1.04 bits per heavy atom. The van der Waals surface area contributed by atoms with Crippen molar-refractivity contribution in [2.24, 2.45) is 0 Å². The van der Waals surface area contributed by atoms with E-state index in [1.54, 1.807) is 24.3 Å². The Bertz CT molecular complexity index is 805. The molecule has 0 saturated carbocycles. The maximum atomic E-state index is 12.6. The zero-order chi connectivity index (χ0) is 16.7. The summed E-state index contributed by atoms with van der Waals surface area (Å²) in [5.74, 6) is 0. The minimum absolute atomic E-state index is 0.0457. The average molecular weight is 330 g/mol. The van der Waals surface area contributed by atoms with E-state index in [4.69, 9.17) is 4.18 Å². The Morgan fingerprint density at radius 2 is 1.70 bits per heavy atom. The molecule has 0 amide bonds. The zero-order valence-electron chi connectivity index (χ0n) is 13.7. The molecular weight excluding hydrogens is 308 g/mol. The van der Waals surface area contributed by atoms with Gasteiger partial charge in [-0.1, -0.05) is 55.8 Å². The monoisotopic (exact) mass is 330 g/mol. The van der Waals surface area contributed by atoms with Gasteiger partial charge in [-0.25, -0.2) is 0 Å². The summed E-state index contributed by atoms with van der Waals surface area (Å²) in [5.41, 5.74) is 3.23. The van der Waals surface area contributed by atoms with E-state index in [0.717, 1.165) is 17.5 Å². The van der Waals surface area contributed by atoms with Gasteiger partial charge in [-0.05, 0) is 48.4 Å². The van der Waals surface area contributed by atoms with Gasteiger partial charge in [0.2, 0.25) is 0 Å². The summed E-state index contributed by atoms with van der Waals surface area (Å²) in [6.07, 6.45) is 1.19. The van der Waals surface area contributed by atoms with Crippen molar-refractivity contribution in [3.63, 3.8) is 0 Å². The van der Waals surface area contributed by atoms with Crippen LogP contribution in [-0.4, -0.2) is 8.42 Å². The fraction of sp³-hybridized carbons (Fsp3) is 0.368. The van der Waals surface area contributed by atoms with E-state index < -0.39 is 16.2 Å². The van der Waals surface area contributed by atoms with Gasteiger partial charge in [0.15, 0.2) is 0 Å². The molecule has 3 nitrogen and oxygen atoms in total. The van der Waals surface area contributed by atoms with Crippen LogP contribution in [0.3, 0.4) is 0 Å². The third kappa shape index (κ3) is 3.19. The molecule has 0 bridgehead atoms. The van der Waals surface area contributed by atoms with Gasteiger partial charge in [0.1, 0.15) is 6.10 Å². The summed E-state index contributed by atoms with van der Waals surface area (Å²) in [6.45, 7) is 6.31. The molecule has 0 radical (unpaired) electrons. The molecule has 1 atom stereocenters. The van der Waals surface area contributed by atoms with Gasteiger partial charge >= 0.3 is 0 Å². The van der Waals surface area contributed by atoms with Crippen molar-refractivity contribution in [3.8, 4) is 0 Å². The number of hydrogen-bond acceptors (Lipinski definition) is 3. The van der Waals surface area contributed by atoms with Gasteiger partial charge in [-0.2, -0.15) is 8.42 Å². The maximum absolute atomic E-state index is 12.6. The number of rotatable bonds is 3. The molecule has 0 aromatic heterocycles. The van der Waals surface area contributed by atoms with Crippen molar-refractivity contribution in [3.05, 3.63) is 65.2 Å². The van der Waals surface area contributed by atoms with Gasteiger partial charge in [-0.15, -0.1) is 0 Å². The Balaban J connectivity index is 1.93. The van der Waals surface area contributed by atoms with Crippen molar-refractivity contribution in [1.29, 1.82) is 0 Å².